The van der Waals surface area contributed by atoms with Crippen molar-refractivity contribution in [3.8, 4) is 0 Å². The predicted molar refractivity (Wildman–Crippen MR) is 86.3 cm³/mol. The number of aliphatic carboxylic acids is 1. The molecule has 24 heavy (non-hydrogen) atoms. The number of carboxylic acid groups (broad SMARTS) is 1. The average Bonchev–Trinajstić information content (AvgIpc) is 2.75. The van der Waals surface area contributed by atoms with E-state index in [0.29, 0.717) is 5.57 Å². The Balaban J connectivity index is 1.99. The Bertz CT molecular complexity index is 766. The summed E-state index contributed by atoms with van der Waals surface area (Å²) in [5, 5.41) is 19.4. The summed E-state index contributed by atoms with van der Waals surface area (Å²) in [4.78, 5) is 25.3. The average molecular weight is 329 g/mol. The topological polar surface area (TPSA) is 81.7 Å². The second-order valence-corrected chi connectivity index (χ2v) is 6.43. The largest absolute Gasteiger partial charge is 0.477 e. The number of nitrogens with zero attached hydrogens (tertiary/aromatic N) is 2. The number of rotatable bonds is 4. The van der Waals surface area contributed by atoms with E-state index in [9.17, 15) is 19.8 Å². The lowest BCUT2D eigenvalue weighted by atomic mass is 9.77. The Morgan fingerprint density at radius 3 is 2.67 bits per heavy atom. The molecule has 4 atom stereocenters. The fourth-order valence-electron chi connectivity index (χ4n) is 3.70. The van der Waals surface area contributed by atoms with Gasteiger partial charge in [-0.1, -0.05) is 6.92 Å². The van der Waals surface area contributed by atoms with Crippen LogP contribution in [0.4, 0.5) is 0 Å². The Morgan fingerprint density at radius 1 is 1.38 bits per heavy atom. The van der Waals surface area contributed by atoms with Crippen molar-refractivity contribution < 1.29 is 24.4 Å². The summed E-state index contributed by atoms with van der Waals surface area (Å²) in [6.07, 6.45) is 4.74. The van der Waals surface area contributed by atoms with Crippen molar-refractivity contribution in [3.05, 3.63) is 47.4 Å². The fourth-order valence-corrected chi connectivity index (χ4v) is 3.70. The molecule has 1 amide bonds. The van der Waals surface area contributed by atoms with E-state index < -0.39 is 18.0 Å². The number of aliphatic hydroxyl groups is 1. The molecule has 0 radical (unpaired) electrons. The van der Waals surface area contributed by atoms with E-state index in [0.717, 1.165) is 5.69 Å². The van der Waals surface area contributed by atoms with Crippen molar-refractivity contribution in [3.63, 3.8) is 0 Å². The van der Waals surface area contributed by atoms with Crippen molar-refractivity contribution in [2.75, 3.05) is 0 Å². The Kier molecular flexibility index (Phi) is 4.01. The van der Waals surface area contributed by atoms with Crippen LogP contribution < -0.4 is 4.57 Å². The third-order valence-electron chi connectivity index (χ3n) is 4.96. The molecule has 3 heterocycles. The van der Waals surface area contributed by atoms with Crippen molar-refractivity contribution >= 4 is 18.0 Å². The molecule has 2 N–H and O–H groups in total. The lowest BCUT2D eigenvalue weighted by Crippen LogP contribution is -2.63. The van der Waals surface area contributed by atoms with E-state index in [4.69, 9.17) is 0 Å². The van der Waals surface area contributed by atoms with Crippen LogP contribution in [0.15, 0.2) is 41.7 Å². The Hall–Kier alpha value is -2.47. The molecule has 1 fully saturated rings. The maximum atomic E-state index is 12.3. The van der Waals surface area contributed by atoms with E-state index in [1.165, 1.54) is 4.90 Å². The summed E-state index contributed by atoms with van der Waals surface area (Å²) >= 11 is 0. The summed E-state index contributed by atoms with van der Waals surface area (Å²) in [5.74, 6) is -2.10. The minimum Gasteiger partial charge on any atom is -0.477 e. The third kappa shape index (κ3) is 2.34. The smallest absolute Gasteiger partial charge is 0.352 e. The fraction of sp³-hybridized carbons (Fsp3) is 0.389. The lowest BCUT2D eigenvalue weighted by Gasteiger charge is -2.46. The molecule has 0 unspecified atom stereocenters. The highest BCUT2D eigenvalue weighted by Gasteiger charge is 2.59. The number of carbonyl (C=O) groups is 2. The van der Waals surface area contributed by atoms with Gasteiger partial charge in [0.05, 0.1) is 18.1 Å². The molecule has 0 aliphatic carbocycles. The van der Waals surface area contributed by atoms with Crippen LogP contribution in [0.25, 0.3) is 6.08 Å². The van der Waals surface area contributed by atoms with Crippen LogP contribution in [-0.4, -0.2) is 39.1 Å². The van der Waals surface area contributed by atoms with Crippen LogP contribution in [0.5, 0.6) is 0 Å². The summed E-state index contributed by atoms with van der Waals surface area (Å²) in [6, 6.07) is 5.46. The molecule has 1 aromatic rings. The van der Waals surface area contributed by atoms with E-state index >= 15 is 0 Å². The minimum absolute atomic E-state index is 0.0317. The van der Waals surface area contributed by atoms with Crippen molar-refractivity contribution in [2.45, 2.75) is 26.0 Å². The van der Waals surface area contributed by atoms with E-state index in [1.807, 2.05) is 49.0 Å². The van der Waals surface area contributed by atoms with Gasteiger partial charge in [-0.2, -0.15) is 0 Å². The van der Waals surface area contributed by atoms with Crippen LogP contribution in [-0.2, 0) is 16.6 Å². The first-order chi connectivity index (χ1) is 11.3. The van der Waals surface area contributed by atoms with Gasteiger partial charge >= 0.3 is 5.97 Å². The van der Waals surface area contributed by atoms with Gasteiger partial charge in [-0.05, 0) is 24.6 Å². The number of aryl methyl sites for hydroxylation is 1. The van der Waals surface area contributed by atoms with Gasteiger partial charge in [0.25, 0.3) is 0 Å². The highest BCUT2D eigenvalue weighted by molar-refractivity contribution is 6.00. The van der Waals surface area contributed by atoms with E-state index in [1.54, 1.807) is 13.0 Å². The summed E-state index contributed by atoms with van der Waals surface area (Å²) in [5.41, 5.74) is 1.58. The van der Waals surface area contributed by atoms with Gasteiger partial charge in [0, 0.05) is 24.1 Å². The normalized spacial score (nSPS) is 27.4. The molecule has 0 bridgehead atoms. The molecule has 6 heteroatoms. The van der Waals surface area contributed by atoms with Gasteiger partial charge in [0.2, 0.25) is 11.6 Å². The zero-order chi connectivity index (χ0) is 17.6. The van der Waals surface area contributed by atoms with Crippen molar-refractivity contribution in [2.24, 2.45) is 18.9 Å². The number of carbonyl (C=O) groups excluding carboxylic acids is 1. The molecule has 6 nitrogen and oxygen atoms in total. The van der Waals surface area contributed by atoms with Crippen molar-refractivity contribution in [1.29, 1.82) is 0 Å². The number of hydrogen-bond acceptors (Lipinski definition) is 3. The molecule has 3 rings (SSSR count). The monoisotopic (exact) mass is 329 g/mol. The molecule has 1 saturated heterocycles. The molecule has 2 aliphatic rings. The van der Waals surface area contributed by atoms with Gasteiger partial charge in [0.15, 0.2) is 6.20 Å². The van der Waals surface area contributed by atoms with E-state index in [2.05, 4.69) is 0 Å². The minimum atomic E-state index is -1.11. The number of hydrogen-bond donors (Lipinski definition) is 2. The number of amides is 1. The molecule has 126 valence electrons. The maximum absolute atomic E-state index is 12.3. The molecular formula is C18H21N2O4+. The molecule has 1 aromatic heterocycles. The highest BCUT2D eigenvalue weighted by Crippen LogP contribution is 2.47. The molecule has 2 aliphatic heterocycles. The third-order valence-corrected chi connectivity index (χ3v) is 4.96. The summed E-state index contributed by atoms with van der Waals surface area (Å²) in [6.45, 7) is 3.48. The number of allylic oxidation sites excluding steroid dienone is 1. The van der Waals surface area contributed by atoms with Crippen molar-refractivity contribution in [1.82, 2.24) is 4.90 Å². The second kappa shape index (κ2) is 5.87. The standard InChI is InChI=1S/C18H20N2O4/c1-10-13(8-7-12-6-4-5-9-19(12)3)16(18(23)24)20-15(10)14(11(2)21)17(20)22/h4-11,14-15,21H,1-3H3/p+1/t10-,11+,14+,15+/m0/s1. The maximum Gasteiger partial charge on any atom is 0.352 e. The first-order valence-corrected chi connectivity index (χ1v) is 7.96. The Morgan fingerprint density at radius 2 is 2.08 bits per heavy atom. The molecular weight excluding hydrogens is 308 g/mol. The van der Waals surface area contributed by atoms with Gasteiger partial charge in [-0.15, -0.1) is 0 Å². The molecule has 0 saturated carbocycles. The Labute approximate surface area is 140 Å². The van der Waals surface area contributed by atoms with E-state index in [-0.39, 0.29) is 23.6 Å². The van der Waals surface area contributed by atoms with Crippen LogP contribution in [0.2, 0.25) is 0 Å². The SMILES string of the molecule is C[C@@H](O)[C@H]1C(=O)N2C(C(=O)O)=C(/C=C/c3cccc[n+]3C)[C@H](C)[C@H]12. The lowest BCUT2D eigenvalue weighted by molar-refractivity contribution is -0.673. The zero-order valence-corrected chi connectivity index (χ0v) is 13.9. The number of aromatic nitrogens is 1. The van der Waals surface area contributed by atoms with Gasteiger partial charge in [-0.3, -0.25) is 4.79 Å². The first-order valence-electron chi connectivity index (χ1n) is 7.96. The number of aliphatic hydroxyl groups excluding tert-OH is 1. The quantitative estimate of drug-likeness (QED) is 0.630. The number of pyridine rings is 1. The second-order valence-electron chi connectivity index (χ2n) is 6.43. The van der Waals surface area contributed by atoms with Crippen LogP contribution >= 0.6 is 0 Å². The van der Waals surface area contributed by atoms with Crippen LogP contribution in [0.1, 0.15) is 19.5 Å². The van der Waals surface area contributed by atoms with Gasteiger partial charge in [0.1, 0.15) is 12.7 Å². The molecule has 0 aromatic carbocycles. The first kappa shape index (κ1) is 16.4. The predicted octanol–water partition coefficient (Wildman–Crippen LogP) is 0.720. The summed E-state index contributed by atoms with van der Waals surface area (Å²) in [7, 11) is 1.91. The van der Waals surface area contributed by atoms with Gasteiger partial charge in [-0.25, -0.2) is 9.36 Å². The van der Waals surface area contributed by atoms with Crippen LogP contribution in [0.3, 0.4) is 0 Å². The number of fused-ring (bicyclic) bond motifs is 1. The highest BCUT2D eigenvalue weighted by atomic mass is 16.4. The molecule has 0 spiro atoms. The van der Waals surface area contributed by atoms with Gasteiger partial charge < -0.3 is 15.1 Å². The summed E-state index contributed by atoms with van der Waals surface area (Å²) < 4.78 is 1.93. The zero-order valence-electron chi connectivity index (χ0n) is 13.9. The number of β-lactam (4-membered cyclic amide) rings is 1. The number of carboxylic acids is 1. The van der Waals surface area contributed by atoms with Crippen LogP contribution in [0, 0.1) is 11.8 Å².